The Morgan fingerprint density at radius 1 is 1.20 bits per heavy atom. The molecular formula is C23H23N5O2. The molecule has 7 nitrogen and oxygen atoms in total. The number of pyridine rings is 1. The van der Waals surface area contributed by atoms with Crippen LogP contribution in [-0.2, 0) is 6.42 Å². The van der Waals surface area contributed by atoms with Gasteiger partial charge in [-0.25, -0.2) is 0 Å². The highest BCUT2D eigenvalue weighted by atomic mass is 16.5. The van der Waals surface area contributed by atoms with Gasteiger partial charge in [-0.1, -0.05) is 13.0 Å². The summed E-state index contributed by atoms with van der Waals surface area (Å²) in [7, 11) is 0. The zero-order valence-electron chi connectivity index (χ0n) is 16.7. The summed E-state index contributed by atoms with van der Waals surface area (Å²) < 4.78 is 6.05. The van der Waals surface area contributed by atoms with E-state index in [-0.39, 0.29) is 17.7 Å². The number of fused-ring (bicyclic) bond motifs is 3. The van der Waals surface area contributed by atoms with Gasteiger partial charge in [-0.15, -0.1) is 0 Å². The Morgan fingerprint density at radius 3 is 2.83 bits per heavy atom. The fraction of sp³-hybridized carbons (Fsp3) is 0.348. The summed E-state index contributed by atoms with van der Waals surface area (Å²) in [6.45, 7) is 2.00. The highest BCUT2D eigenvalue weighted by Gasteiger charge is 2.54. The normalized spacial score (nSPS) is 25.0. The number of nitrogens with zero attached hydrogens (tertiary/aromatic N) is 3. The predicted octanol–water partition coefficient (Wildman–Crippen LogP) is 4.02. The van der Waals surface area contributed by atoms with Crippen LogP contribution in [0.5, 0.6) is 17.5 Å². The number of aromatic hydroxyl groups is 1. The van der Waals surface area contributed by atoms with Gasteiger partial charge in [0.1, 0.15) is 17.1 Å². The van der Waals surface area contributed by atoms with Crippen LogP contribution in [0.2, 0.25) is 0 Å². The molecule has 7 heteroatoms. The molecule has 2 fully saturated rings. The van der Waals surface area contributed by atoms with Gasteiger partial charge in [0, 0.05) is 29.6 Å². The van der Waals surface area contributed by atoms with Gasteiger partial charge in [0.25, 0.3) is 0 Å². The molecule has 152 valence electrons. The van der Waals surface area contributed by atoms with E-state index in [4.69, 9.17) is 15.5 Å². The van der Waals surface area contributed by atoms with Crippen molar-refractivity contribution in [2.45, 2.75) is 38.1 Å². The summed E-state index contributed by atoms with van der Waals surface area (Å²) in [6, 6.07) is 10.3. The third-order valence-electron chi connectivity index (χ3n) is 6.75. The van der Waals surface area contributed by atoms with Gasteiger partial charge >= 0.3 is 6.01 Å². The Kier molecular flexibility index (Phi) is 3.77. The Balaban J connectivity index is 1.42. The number of ether oxygens (including phenoxy) is 1. The maximum absolute atomic E-state index is 10.8. The zero-order valence-corrected chi connectivity index (χ0v) is 16.7. The standard InChI is InChI=1S/C23H23N5O2/c1-2-16-21(29)18-20(12-8-14-15(9-12)19(14)24)27-23(28-22(18)26-16)30-13-6-5-11-4-3-7-25-17(11)10-13/h3-7,10,12,14-15,19,29H,2,8-9,24H2,1H3,(H,26,27,28). The molecule has 30 heavy (non-hydrogen) atoms. The number of hydrogen-bond donors (Lipinski definition) is 3. The largest absolute Gasteiger partial charge is 0.505 e. The molecule has 2 atom stereocenters. The van der Waals surface area contributed by atoms with Crippen LogP contribution in [0.4, 0.5) is 0 Å². The molecule has 2 saturated carbocycles. The first-order valence-corrected chi connectivity index (χ1v) is 10.5. The molecule has 0 amide bonds. The average Bonchev–Trinajstić information content (AvgIpc) is 3.10. The first-order valence-electron chi connectivity index (χ1n) is 10.5. The van der Waals surface area contributed by atoms with E-state index in [9.17, 15) is 5.11 Å². The fourth-order valence-corrected chi connectivity index (χ4v) is 5.06. The van der Waals surface area contributed by atoms with Gasteiger partial charge in [0.2, 0.25) is 0 Å². The van der Waals surface area contributed by atoms with Crippen molar-refractivity contribution in [2.75, 3.05) is 0 Å². The molecule has 0 radical (unpaired) electrons. The van der Waals surface area contributed by atoms with Crippen LogP contribution in [0.25, 0.3) is 21.9 Å². The molecule has 3 aromatic heterocycles. The molecule has 1 aromatic carbocycles. The van der Waals surface area contributed by atoms with E-state index in [1.54, 1.807) is 6.20 Å². The van der Waals surface area contributed by atoms with Crippen LogP contribution < -0.4 is 10.5 Å². The number of benzene rings is 1. The van der Waals surface area contributed by atoms with E-state index in [1.165, 1.54) is 0 Å². The third kappa shape index (κ3) is 2.65. The lowest BCUT2D eigenvalue weighted by molar-refractivity contribution is 0.437. The lowest BCUT2D eigenvalue weighted by Gasteiger charge is -2.15. The van der Waals surface area contributed by atoms with Crippen molar-refractivity contribution in [1.82, 2.24) is 19.9 Å². The molecule has 2 aliphatic carbocycles. The monoisotopic (exact) mass is 401 g/mol. The van der Waals surface area contributed by atoms with E-state index in [0.717, 1.165) is 40.5 Å². The number of nitrogens with two attached hydrogens (primary N) is 1. The van der Waals surface area contributed by atoms with Crippen LogP contribution in [0.3, 0.4) is 0 Å². The highest BCUT2D eigenvalue weighted by molar-refractivity contribution is 5.87. The molecule has 0 aliphatic heterocycles. The summed E-state index contributed by atoms with van der Waals surface area (Å²) in [4.78, 5) is 17.0. The molecule has 2 aliphatic rings. The number of rotatable bonds is 4. The summed E-state index contributed by atoms with van der Waals surface area (Å²) >= 11 is 0. The van der Waals surface area contributed by atoms with E-state index in [2.05, 4.69) is 15.0 Å². The molecule has 6 rings (SSSR count). The Morgan fingerprint density at radius 2 is 2.03 bits per heavy atom. The molecular weight excluding hydrogens is 378 g/mol. The van der Waals surface area contributed by atoms with E-state index in [0.29, 0.717) is 35.7 Å². The van der Waals surface area contributed by atoms with Gasteiger partial charge in [0.05, 0.1) is 22.3 Å². The third-order valence-corrected chi connectivity index (χ3v) is 6.75. The number of hydrogen-bond acceptors (Lipinski definition) is 6. The SMILES string of the molecule is CCc1[nH]c2nc(Oc3ccc4cccnc4c3)nc(C3CC4C(N)C4C3)c2c1O. The summed E-state index contributed by atoms with van der Waals surface area (Å²) in [6.07, 6.45) is 4.46. The number of nitrogens with one attached hydrogen (secondary N) is 1. The van der Waals surface area contributed by atoms with Crippen molar-refractivity contribution in [3.63, 3.8) is 0 Å². The second kappa shape index (κ2) is 6.40. The Hall–Kier alpha value is -3.19. The molecule has 3 heterocycles. The van der Waals surface area contributed by atoms with Gasteiger partial charge in [-0.05, 0) is 49.3 Å². The minimum Gasteiger partial charge on any atom is -0.505 e. The Bertz CT molecular complexity index is 1270. The van der Waals surface area contributed by atoms with Crippen LogP contribution in [0, 0.1) is 11.8 Å². The Labute approximate surface area is 173 Å². The first-order chi connectivity index (χ1) is 14.6. The summed E-state index contributed by atoms with van der Waals surface area (Å²) in [5.74, 6) is 2.30. The zero-order chi connectivity index (χ0) is 20.4. The van der Waals surface area contributed by atoms with Gasteiger partial charge in [-0.2, -0.15) is 9.97 Å². The van der Waals surface area contributed by atoms with Crippen molar-refractivity contribution in [3.8, 4) is 17.5 Å². The lowest BCUT2D eigenvalue weighted by atomic mass is 9.96. The van der Waals surface area contributed by atoms with Gasteiger partial charge in [-0.3, -0.25) is 4.98 Å². The highest BCUT2D eigenvalue weighted by Crippen LogP contribution is 2.57. The number of aryl methyl sites for hydroxylation is 1. The van der Waals surface area contributed by atoms with Crippen molar-refractivity contribution in [1.29, 1.82) is 0 Å². The van der Waals surface area contributed by atoms with Crippen LogP contribution >= 0.6 is 0 Å². The minimum atomic E-state index is 0.258. The molecule has 0 saturated heterocycles. The maximum atomic E-state index is 10.8. The molecule has 4 aromatic rings. The van der Waals surface area contributed by atoms with Crippen LogP contribution in [0.1, 0.15) is 37.1 Å². The van der Waals surface area contributed by atoms with E-state index in [1.807, 2.05) is 37.3 Å². The van der Waals surface area contributed by atoms with Gasteiger partial charge in [0.15, 0.2) is 0 Å². The number of aromatic nitrogens is 4. The van der Waals surface area contributed by atoms with Crippen LogP contribution in [-0.4, -0.2) is 31.1 Å². The van der Waals surface area contributed by atoms with Crippen molar-refractivity contribution >= 4 is 21.9 Å². The van der Waals surface area contributed by atoms with E-state index < -0.39 is 0 Å². The summed E-state index contributed by atoms with van der Waals surface area (Å²) in [5.41, 5.74) is 9.24. The van der Waals surface area contributed by atoms with Crippen molar-refractivity contribution in [2.24, 2.45) is 17.6 Å². The quantitative estimate of drug-likeness (QED) is 0.476. The molecule has 0 bridgehead atoms. The first kappa shape index (κ1) is 17.7. The molecule has 4 N–H and O–H groups in total. The second-order valence-electron chi connectivity index (χ2n) is 8.45. The maximum Gasteiger partial charge on any atom is 0.324 e. The number of aromatic amines is 1. The summed E-state index contributed by atoms with van der Waals surface area (Å²) in [5, 5.41) is 12.5. The van der Waals surface area contributed by atoms with Crippen molar-refractivity contribution < 1.29 is 9.84 Å². The van der Waals surface area contributed by atoms with E-state index >= 15 is 0 Å². The van der Waals surface area contributed by atoms with Gasteiger partial charge < -0.3 is 20.6 Å². The van der Waals surface area contributed by atoms with Crippen molar-refractivity contribution in [3.05, 3.63) is 47.9 Å². The lowest BCUT2D eigenvalue weighted by Crippen LogP contribution is -2.12. The minimum absolute atomic E-state index is 0.258. The predicted molar refractivity (Wildman–Crippen MR) is 114 cm³/mol. The fourth-order valence-electron chi connectivity index (χ4n) is 5.06. The smallest absolute Gasteiger partial charge is 0.324 e. The van der Waals surface area contributed by atoms with Crippen LogP contribution in [0.15, 0.2) is 36.5 Å². The topological polar surface area (TPSA) is 110 Å². The second-order valence-corrected chi connectivity index (χ2v) is 8.45. The molecule has 2 unspecified atom stereocenters. The molecule has 0 spiro atoms. The average molecular weight is 401 g/mol. The number of H-pyrrole nitrogens is 1.